The fourth-order valence-corrected chi connectivity index (χ4v) is 8.87. The van der Waals surface area contributed by atoms with Crippen molar-refractivity contribution in [1.29, 1.82) is 0 Å². The summed E-state index contributed by atoms with van der Waals surface area (Å²) in [5.41, 5.74) is 14.4. The van der Waals surface area contributed by atoms with Crippen LogP contribution in [0.4, 0.5) is 0 Å². The van der Waals surface area contributed by atoms with Crippen molar-refractivity contribution in [2.24, 2.45) is 0 Å². The summed E-state index contributed by atoms with van der Waals surface area (Å²) in [6, 6.07) is 61.0. The van der Waals surface area contributed by atoms with E-state index in [9.17, 15) is 0 Å². The van der Waals surface area contributed by atoms with E-state index >= 15 is 0 Å². The van der Waals surface area contributed by atoms with Gasteiger partial charge in [0.1, 0.15) is 0 Å². The first-order valence-corrected chi connectivity index (χ1v) is 18.3. The normalized spacial score (nSPS) is 13.2. The Labute approximate surface area is 307 Å². The molecule has 0 bridgehead atoms. The van der Waals surface area contributed by atoms with Gasteiger partial charge >= 0.3 is 0 Å². The molecule has 0 fully saturated rings. The third-order valence-corrected chi connectivity index (χ3v) is 11.3. The van der Waals surface area contributed by atoms with E-state index < -0.39 is 0 Å². The highest BCUT2D eigenvalue weighted by atomic mass is 15.0. The minimum Gasteiger partial charge on any atom is -0.309 e. The van der Waals surface area contributed by atoms with Crippen LogP contribution in [-0.4, -0.2) is 19.1 Å². The number of fused-ring (bicyclic) bond motifs is 9. The largest absolute Gasteiger partial charge is 0.309 e. The highest BCUT2D eigenvalue weighted by Gasteiger charge is 2.40. The summed E-state index contributed by atoms with van der Waals surface area (Å²) in [6.07, 6.45) is 0. The third-order valence-electron chi connectivity index (χ3n) is 11.3. The maximum Gasteiger partial charge on any atom is 0.160 e. The van der Waals surface area contributed by atoms with E-state index in [1.807, 2.05) is 6.07 Å². The molecular weight excluding hydrogens is 645 g/mol. The predicted molar refractivity (Wildman–Crippen MR) is 219 cm³/mol. The lowest BCUT2D eigenvalue weighted by atomic mass is 9.85. The molecule has 4 nitrogen and oxygen atoms in total. The molecule has 3 aromatic heterocycles. The number of nitrogens with zero attached hydrogens (tertiary/aromatic N) is 4. The Hall–Kier alpha value is -6.78. The Balaban J connectivity index is 1.25. The van der Waals surface area contributed by atoms with E-state index in [0.29, 0.717) is 0 Å². The van der Waals surface area contributed by atoms with Crippen molar-refractivity contribution in [2.75, 3.05) is 0 Å². The lowest BCUT2D eigenvalue weighted by Gasteiger charge is -2.21. The van der Waals surface area contributed by atoms with Crippen LogP contribution in [0.1, 0.15) is 25.1 Å². The van der Waals surface area contributed by atoms with Crippen LogP contribution in [0.3, 0.4) is 0 Å². The fourth-order valence-electron chi connectivity index (χ4n) is 8.87. The predicted octanol–water partition coefficient (Wildman–Crippen LogP) is 12.3. The van der Waals surface area contributed by atoms with E-state index in [1.54, 1.807) is 0 Å². The van der Waals surface area contributed by atoms with Crippen LogP contribution in [0.2, 0.25) is 0 Å². The highest BCUT2D eigenvalue weighted by molar-refractivity contribution is 6.19. The Morgan fingerprint density at radius 3 is 1.72 bits per heavy atom. The Bertz CT molecular complexity index is 3080. The number of rotatable bonds is 4. The molecule has 0 radical (unpaired) electrons. The van der Waals surface area contributed by atoms with Gasteiger partial charge in [0.05, 0.1) is 39.1 Å². The van der Waals surface area contributed by atoms with Crippen LogP contribution < -0.4 is 0 Å². The SMILES string of the molecule is CC1(C)c2ccccc2-c2c(-c3ccccc3-n3c4ccccc4c4cc5c(cc43)c3ccccc3n5-c3ccccc3)nc(-c3ccccc3)nc21. The van der Waals surface area contributed by atoms with Gasteiger partial charge < -0.3 is 9.13 Å². The molecule has 3 heterocycles. The van der Waals surface area contributed by atoms with Gasteiger partial charge in [0.25, 0.3) is 0 Å². The van der Waals surface area contributed by atoms with Gasteiger partial charge in [-0.05, 0) is 53.6 Å². The molecule has 0 saturated carbocycles. The third kappa shape index (κ3) is 4.24. The van der Waals surface area contributed by atoms with Crippen LogP contribution in [0.25, 0.3) is 88.8 Å². The van der Waals surface area contributed by atoms with Crippen molar-refractivity contribution in [3.05, 3.63) is 181 Å². The topological polar surface area (TPSA) is 35.6 Å². The average molecular weight is 679 g/mol. The zero-order valence-electron chi connectivity index (χ0n) is 29.5. The molecular formula is C49H34N4. The fraction of sp³-hybridized carbons (Fsp3) is 0.0612. The molecule has 1 aliphatic carbocycles. The lowest BCUT2D eigenvalue weighted by molar-refractivity contribution is 0.636. The van der Waals surface area contributed by atoms with Gasteiger partial charge in [0.15, 0.2) is 5.82 Å². The molecule has 0 atom stereocenters. The second-order valence-electron chi connectivity index (χ2n) is 14.6. The van der Waals surface area contributed by atoms with Crippen molar-refractivity contribution < 1.29 is 0 Å². The summed E-state index contributed by atoms with van der Waals surface area (Å²) < 4.78 is 4.86. The minimum absolute atomic E-state index is 0.284. The number of aromatic nitrogens is 4. The second-order valence-corrected chi connectivity index (χ2v) is 14.6. The average Bonchev–Trinajstić information content (AvgIpc) is 3.80. The van der Waals surface area contributed by atoms with Crippen molar-refractivity contribution in [3.8, 4) is 45.1 Å². The van der Waals surface area contributed by atoms with Gasteiger partial charge in [-0.3, -0.25) is 0 Å². The quantitative estimate of drug-likeness (QED) is 0.186. The smallest absolute Gasteiger partial charge is 0.160 e. The summed E-state index contributed by atoms with van der Waals surface area (Å²) in [5.74, 6) is 0.743. The molecule has 7 aromatic carbocycles. The van der Waals surface area contributed by atoms with Crippen molar-refractivity contribution in [2.45, 2.75) is 19.3 Å². The van der Waals surface area contributed by atoms with E-state index in [0.717, 1.165) is 56.3 Å². The monoisotopic (exact) mass is 678 g/mol. The van der Waals surface area contributed by atoms with Gasteiger partial charge in [-0.2, -0.15) is 0 Å². The number of benzene rings is 7. The molecule has 0 saturated heterocycles. The Kier molecular flexibility index (Phi) is 6.27. The zero-order valence-corrected chi connectivity index (χ0v) is 29.5. The van der Waals surface area contributed by atoms with Gasteiger partial charge in [0.2, 0.25) is 0 Å². The summed E-state index contributed by atoms with van der Waals surface area (Å²) in [7, 11) is 0. The molecule has 250 valence electrons. The maximum atomic E-state index is 5.48. The molecule has 0 amide bonds. The number of para-hydroxylation sites is 4. The summed E-state index contributed by atoms with van der Waals surface area (Å²) in [5, 5.41) is 4.89. The summed E-state index contributed by atoms with van der Waals surface area (Å²) in [6.45, 7) is 4.58. The first-order chi connectivity index (χ1) is 26.1. The van der Waals surface area contributed by atoms with Crippen molar-refractivity contribution in [1.82, 2.24) is 19.1 Å². The van der Waals surface area contributed by atoms with Gasteiger partial charge in [-0.15, -0.1) is 0 Å². The zero-order chi connectivity index (χ0) is 35.3. The number of hydrogen-bond donors (Lipinski definition) is 0. The Morgan fingerprint density at radius 1 is 0.453 bits per heavy atom. The first kappa shape index (κ1) is 29.9. The van der Waals surface area contributed by atoms with Gasteiger partial charge in [0, 0.05) is 49.3 Å². The molecule has 0 aliphatic heterocycles. The van der Waals surface area contributed by atoms with E-state index in [-0.39, 0.29) is 5.41 Å². The molecule has 0 N–H and O–H groups in total. The highest BCUT2D eigenvalue weighted by Crippen LogP contribution is 2.52. The van der Waals surface area contributed by atoms with Crippen LogP contribution in [-0.2, 0) is 5.41 Å². The molecule has 0 spiro atoms. The lowest BCUT2D eigenvalue weighted by Crippen LogP contribution is -2.17. The van der Waals surface area contributed by atoms with E-state index in [4.69, 9.17) is 9.97 Å². The van der Waals surface area contributed by atoms with Crippen LogP contribution >= 0.6 is 0 Å². The molecule has 1 aliphatic rings. The summed E-state index contributed by atoms with van der Waals surface area (Å²) in [4.78, 5) is 10.8. The van der Waals surface area contributed by atoms with Gasteiger partial charge in [-0.1, -0.05) is 141 Å². The van der Waals surface area contributed by atoms with Gasteiger partial charge in [-0.25, -0.2) is 9.97 Å². The van der Waals surface area contributed by atoms with E-state index in [2.05, 4.69) is 187 Å². The minimum atomic E-state index is -0.284. The summed E-state index contributed by atoms with van der Waals surface area (Å²) >= 11 is 0. The molecule has 4 heteroatoms. The number of hydrogen-bond acceptors (Lipinski definition) is 2. The molecule has 11 rings (SSSR count). The standard InChI is InChI=1S/C49H34N4/c1-49(2)39-25-13-9-23-35(39)45-46(50-48(51-47(45)49)31-17-5-3-6-18-31)36-24-12-16-28-42(36)53-41-27-15-11-22-34(41)38-29-43-37(30-44(38)53)33-21-10-14-26-40(33)52(43)32-19-7-4-8-20-32/h3-30H,1-2H3. The first-order valence-electron chi connectivity index (χ1n) is 18.3. The molecule has 10 aromatic rings. The Morgan fingerprint density at radius 2 is 1.00 bits per heavy atom. The second kappa shape index (κ2) is 11.1. The van der Waals surface area contributed by atoms with E-state index in [1.165, 1.54) is 43.7 Å². The van der Waals surface area contributed by atoms with Crippen LogP contribution in [0.15, 0.2) is 170 Å². The van der Waals surface area contributed by atoms with Crippen LogP contribution in [0.5, 0.6) is 0 Å². The van der Waals surface area contributed by atoms with Crippen molar-refractivity contribution in [3.63, 3.8) is 0 Å². The molecule has 0 unspecified atom stereocenters. The van der Waals surface area contributed by atoms with Crippen molar-refractivity contribution >= 4 is 43.6 Å². The molecule has 53 heavy (non-hydrogen) atoms. The maximum absolute atomic E-state index is 5.48. The van der Waals surface area contributed by atoms with Crippen LogP contribution in [0, 0.1) is 0 Å².